The summed E-state index contributed by atoms with van der Waals surface area (Å²) in [6.07, 6.45) is 0. The molecule has 117 valence electrons. The Labute approximate surface area is 166 Å². The van der Waals surface area contributed by atoms with Gasteiger partial charge in [-0.05, 0) is 35.7 Å². The van der Waals surface area contributed by atoms with Crippen LogP contribution >= 0.6 is 0 Å². The molecule has 2 aromatic carbocycles. The molecule has 0 bridgehead atoms. The first-order chi connectivity index (χ1) is 10.7. The number of methoxy groups -OCH3 is 1. The van der Waals surface area contributed by atoms with Crippen LogP contribution in [0.25, 0.3) is 22.2 Å². The monoisotopic (exact) mass is 441 g/mol. The van der Waals surface area contributed by atoms with Gasteiger partial charge in [0.05, 0.1) is 12.3 Å². The van der Waals surface area contributed by atoms with Gasteiger partial charge in [-0.2, -0.15) is 0 Å². The van der Waals surface area contributed by atoms with Crippen LogP contribution in [0.3, 0.4) is 0 Å². The van der Waals surface area contributed by atoms with Crippen LogP contribution in [0.2, 0.25) is 0 Å². The van der Waals surface area contributed by atoms with E-state index in [4.69, 9.17) is 15.2 Å². The van der Waals surface area contributed by atoms with Crippen molar-refractivity contribution in [3.05, 3.63) is 42.2 Å². The van der Waals surface area contributed by atoms with Crippen LogP contribution in [0.15, 0.2) is 36.4 Å². The van der Waals surface area contributed by atoms with Crippen molar-refractivity contribution in [2.24, 2.45) is 0 Å². The second-order valence-corrected chi connectivity index (χ2v) is 4.81. The van der Waals surface area contributed by atoms with E-state index in [2.05, 4.69) is 10.2 Å². The standard InChI is InChI=1S/C16H15FN3O2.Pr/c1-21-6-7-22-15-8-10(2-4-13(15)17)16-12-9-11(18)3-5-14(12)19-20-16;/h2-5,8-9H,6-7,18H2,1H3;/q-1;. The van der Waals surface area contributed by atoms with Gasteiger partial charge in [-0.25, -0.2) is 4.39 Å². The summed E-state index contributed by atoms with van der Waals surface area (Å²) in [5.74, 6) is -0.266. The fraction of sp³-hybridized carbons (Fsp3) is 0.188. The van der Waals surface area contributed by atoms with Gasteiger partial charge in [0.15, 0.2) is 11.6 Å². The zero-order valence-electron chi connectivity index (χ0n) is 12.6. The minimum atomic E-state index is -0.428. The van der Waals surface area contributed by atoms with E-state index < -0.39 is 5.82 Å². The molecule has 2 N–H and O–H groups in total. The molecule has 0 atom stereocenters. The molecule has 7 heteroatoms. The van der Waals surface area contributed by atoms with Gasteiger partial charge < -0.3 is 25.4 Å². The maximum atomic E-state index is 13.8. The molecule has 1 aromatic heterocycles. The molecule has 3 aromatic rings. The number of hydrogen-bond acceptors (Lipinski definition) is 4. The molecule has 23 heavy (non-hydrogen) atoms. The summed E-state index contributed by atoms with van der Waals surface area (Å²) in [5, 5.41) is 9.10. The van der Waals surface area contributed by atoms with E-state index in [0.29, 0.717) is 18.0 Å². The smallest absolute Gasteiger partial charge is 0.165 e. The molecule has 0 aliphatic carbocycles. The number of anilines is 1. The van der Waals surface area contributed by atoms with Crippen molar-refractivity contribution in [3.8, 4) is 17.0 Å². The Bertz CT molecular complexity index is 807. The number of hydrogen-bond donors (Lipinski definition) is 1. The number of nitrogens with two attached hydrogens (primary N) is 1. The van der Waals surface area contributed by atoms with E-state index in [1.54, 1.807) is 37.4 Å². The van der Waals surface area contributed by atoms with E-state index in [-0.39, 0.29) is 53.6 Å². The molecule has 0 spiro atoms. The zero-order valence-corrected chi connectivity index (χ0v) is 16.3. The first kappa shape index (κ1) is 18.1. The summed E-state index contributed by atoms with van der Waals surface area (Å²) in [4.78, 5) is 0. The number of halogens is 1. The zero-order chi connectivity index (χ0) is 15.5. The SMILES string of the molecule is COCCOc1cc(-c2n[n-]c3ccc(N)cc23)ccc1F.[Pr]. The Kier molecular flexibility index (Phi) is 6.33. The van der Waals surface area contributed by atoms with Crippen LogP contribution in [-0.4, -0.2) is 25.4 Å². The van der Waals surface area contributed by atoms with Gasteiger partial charge in [0, 0.05) is 59.7 Å². The van der Waals surface area contributed by atoms with Crippen molar-refractivity contribution in [2.45, 2.75) is 0 Å². The predicted octanol–water partition coefficient (Wildman–Crippen LogP) is 2.61. The first-order valence-corrected chi connectivity index (χ1v) is 6.79. The van der Waals surface area contributed by atoms with E-state index in [0.717, 1.165) is 16.5 Å². The third-order valence-corrected chi connectivity index (χ3v) is 3.28. The number of aromatic nitrogens is 2. The van der Waals surface area contributed by atoms with Crippen molar-refractivity contribution in [3.63, 3.8) is 0 Å². The Morgan fingerprint density at radius 1 is 1.17 bits per heavy atom. The molecule has 0 fully saturated rings. The van der Waals surface area contributed by atoms with E-state index >= 15 is 0 Å². The minimum absolute atomic E-state index is 0. The molecule has 1 radical (unpaired) electrons. The van der Waals surface area contributed by atoms with Crippen LogP contribution < -0.4 is 15.6 Å². The molecule has 0 saturated heterocycles. The van der Waals surface area contributed by atoms with Crippen LogP contribution in [0.5, 0.6) is 5.75 Å². The third kappa shape index (κ3) is 4.00. The Morgan fingerprint density at radius 3 is 2.78 bits per heavy atom. The number of rotatable bonds is 5. The van der Waals surface area contributed by atoms with E-state index in [1.807, 2.05) is 0 Å². The van der Waals surface area contributed by atoms with Crippen LogP contribution in [-0.2, 0) is 4.74 Å². The molecule has 1 heterocycles. The van der Waals surface area contributed by atoms with Crippen molar-refractivity contribution in [1.82, 2.24) is 10.2 Å². The molecule has 0 amide bonds. The maximum absolute atomic E-state index is 13.8. The molecule has 3 rings (SSSR count). The van der Waals surface area contributed by atoms with Crippen LogP contribution in [0.4, 0.5) is 10.1 Å². The van der Waals surface area contributed by atoms with Gasteiger partial charge in [-0.3, -0.25) is 0 Å². The second-order valence-electron chi connectivity index (χ2n) is 4.81. The molecule has 0 saturated carbocycles. The summed E-state index contributed by atoms with van der Waals surface area (Å²) >= 11 is 0. The molecule has 5 nitrogen and oxygen atoms in total. The van der Waals surface area contributed by atoms with Gasteiger partial charge in [-0.1, -0.05) is 6.07 Å². The van der Waals surface area contributed by atoms with Gasteiger partial charge in [-0.15, -0.1) is 5.52 Å². The summed E-state index contributed by atoms with van der Waals surface area (Å²) in [7, 11) is 1.56. The average Bonchev–Trinajstić information content (AvgIpc) is 2.92. The van der Waals surface area contributed by atoms with Crippen molar-refractivity contribution >= 4 is 16.6 Å². The predicted molar refractivity (Wildman–Crippen MR) is 82.2 cm³/mol. The number of benzene rings is 2. The fourth-order valence-electron chi connectivity index (χ4n) is 2.20. The minimum Gasteiger partial charge on any atom is -0.574 e. The second kappa shape index (κ2) is 8.04. The number of nitrogen functional groups attached to an aromatic ring is 1. The fourth-order valence-corrected chi connectivity index (χ4v) is 2.20. The third-order valence-electron chi connectivity index (χ3n) is 3.28. The molecule has 0 unspecified atom stereocenters. The summed E-state index contributed by atoms with van der Waals surface area (Å²) in [6, 6.07) is 9.98. The Morgan fingerprint density at radius 2 is 2.00 bits per heavy atom. The van der Waals surface area contributed by atoms with E-state index in [1.165, 1.54) is 6.07 Å². The van der Waals surface area contributed by atoms with Crippen molar-refractivity contribution in [2.75, 3.05) is 26.1 Å². The van der Waals surface area contributed by atoms with E-state index in [9.17, 15) is 4.39 Å². The van der Waals surface area contributed by atoms with Gasteiger partial charge in [0.25, 0.3) is 0 Å². The summed E-state index contributed by atoms with van der Waals surface area (Å²) in [6.45, 7) is 0.663. The Hall–Kier alpha value is -1.24. The number of fused-ring (bicyclic) bond motifs is 1. The van der Waals surface area contributed by atoms with Gasteiger partial charge in [0.2, 0.25) is 0 Å². The largest absolute Gasteiger partial charge is 0.574 e. The quantitative estimate of drug-likeness (QED) is 0.487. The molecular formula is C16H15FN3O2Pr-. The average molecular weight is 441 g/mol. The summed E-state index contributed by atoms with van der Waals surface area (Å²) in [5.41, 5.74) is 8.56. The molecule has 0 aliphatic rings. The van der Waals surface area contributed by atoms with Gasteiger partial charge >= 0.3 is 0 Å². The van der Waals surface area contributed by atoms with Crippen LogP contribution in [0, 0.1) is 47.1 Å². The summed E-state index contributed by atoms with van der Waals surface area (Å²) < 4.78 is 24.1. The van der Waals surface area contributed by atoms with Crippen LogP contribution in [0.1, 0.15) is 0 Å². The molecular weight excluding hydrogens is 426 g/mol. The maximum Gasteiger partial charge on any atom is 0.165 e. The topological polar surface area (TPSA) is 71.5 Å². The first-order valence-electron chi connectivity index (χ1n) is 6.79. The van der Waals surface area contributed by atoms with Crippen molar-refractivity contribution < 1.29 is 55.2 Å². The molecule has 0 aliphatic heterocycles. The number of ether oxygens (including phenoxy) is 2. The number of nitrogens with zero attached hydrogens (tertiary/aromatic N) is 2. The van der Waals surface area contributed by atoms with Crippen molar-refractivity contribution in [1.29, 1.82) is 0 Å². The van der Waals surface area contributed by atoms with Gasteiger partial charge in [0.1, 0.15) is 6.61 Å². The normalized spacial score (nSPS) is 10.5. The Balaban J connectivity index is 0.00000192.